The van der Waals surface area contributed by atoms with E-state index in [0.29, 0.717) is 0 Å². The number of aromatic nitrogens is 1. The van der Waals surface area contributed by atoms with Crippen molar-refractivity contribution in [3.63, 3.8) is 0 Å². The minimum absolute atomic E-state index is 0.865. The molecule has 0 aliphatic carbocycles. The summed E-state index contributed by atoms with van der Waals surface area (Å²) in [7, 11) is 0. The van der Waals surface area contributed by atoms with E-state index in [1.807, 2.05) is 0 Å². The van der Waals surface area contributed by atoms with E-state index in [1.165, 1.54) is 48.6 Å². The van der Waals surface area contributed by atoms with Crippen molar-refractivity contribution in [2.45, 2.75) is 0 Å². The first-order chi connectivity index (χ1) is 28.3. The third-order valence-electron chi connectivity index (χ3n) is 11.8. The quantitative estimate of drug-likeness (QED) is 0.165. The summed E-state index contributed by atoms with van der Waals surface area (Å²) in [5.41, 5.74) is 10.7. The molecule has 3 heteroatoms. The molecular formula is C54H34N2O. The van der Waals surface area contributed by atoms with Gasteiger partial charge in [0.1, 0.15) is 11.2 Å². The summed E-state index contributed by atoms with van der Waals surface area (Å²) in [5, 5.41) is 11.8. The first-order valence-corrected chi connectivity index (χ1v) is 19.5. The lowest BCUT2D eigenvalue weighted by atomic mass is 9.95. The van der Waals surface area contributed by atoms with Gasteiger partial charge in [-0.15, -0.1) is 0 Å². The topological polar surface area (TPSA) is 21.3 Å². The molecule has 12 aromatic rings. The van der Waals surface area contributed by atoms with Crippen LogP contribution < -0.4 is 4.90 Å². The van der Waals surface area contributed by atoms with Crippen LogP contribution in [0.1, 0.15) is 0 Å². The van der Waals surface area contributed by atoms with Gasteiger partial charge in [-0.2, -0.15) is 0 Å². The van der Waals surface area contributed by atoms with Gasteiger partial charge in [-0.3, -0.25) is 0 Å². The lowest BCUT2D eigenvalue weighted by Gasteiger charge is -2.29. The van der Waals surface area contributed by atoms with E-state index in [4.69, 9.17) is 4.42 Å². The Morgan fingerprint density at radius 2 is 0.947 bits per heavy atom. The van der Waals surface area contributed by atoms with Crippen LogP contribution in [-0.2, 0) is 0 Å². The normalized spacial score (nSPS) is 11.9. The van der Waals surface area contributed by atoms with Gasteiger partial charge in [0, 0.05) is 32.8 Å². The van der Waals surface area contributed by atoms with Gasteiger partial charge in [0.25, 0.3) is 0 Å². The van der Waals surface area contributed by atoms with Gasteiger partial charge in [0.05, 0.1) is 33.5 Å². The first-order valence-electron chi connectivity index (χ1n) is 19.5. The van der Waals surface area contributed by atoms with Gasteiger partial charge in [-0.05, 0) is 87.1 Å². The summed E-state index contributed by atoms with van der Waals surface area (Å²) < 4.78 is 9.38. The molecule has 2 heterocycles. The molecule has 0 saturated carbocycles. The Hall–Kier alpha value is -7.62. The fourth-order valence-electron chi connectivity index (χ4n) is 9.32. The maximum atomic E-state index is 6.98. The average molecular weight is 727 g/mol. The van der Waals surface area contributed by atoms with Gasteiger partial charge >= 0.3 is 0 Å². The molecule has 266 valence electrons. The Morgan fingerprint density at radius 1 is 0.333 bits per heavy atom. The molecule has 0 saturated heterocycles. The summed E-state index contributed by atoms with van der Waals surface area (Å²) in [6, 6.07) is 74.5. The van der Waals surface area contributed by atoms with Crippen LogP contribution in [0.3, 0.4) is 0 Å². The number of furan rings is 1. The number of hydrogen-bond donors (Lipinski definition) is 0. The van der Waals surface area contributed by atoms with E-state index >= 15 is 0 Å². The summed E-state index contributed by atoms with van der Waals surface area (Å²) in [6.45, 7) is 0. The fraction of sp³-hybridized carbons (Fsp3) is 0. The summed E-state index contributed by atoms with van der Waals surface area (Å²) in [6.07, 6.45) is 0. The van der Waals surface area contributed by atoms with Crippen LogP contribution in [0.15, 0.2) is 211 Å². The molecular weight excluding hydrogens is 693 g/mol. The van der Waals surface area contributed by atoms with Gasteiger partial charge < -0.3 is 13.9 Å². The van der Waals surface area contributed by atoms with E-state index in [9.17, 15) is 0 Å². The van der Waals surface area contributed by atoms with Crippen LogP contribution in [0.5, 0.6) is 0 Å². The molecule has 2 aromatic heterocycles. The van der Waals surface area contributed by atoms with Crippen LogP contribution in [0, 0.1) is 0 Å². The minimum atomic E-state index is 0.865. The third-order valence-corrected chi connectivity index (χ3v) is 11.8. The highest BCUT2D eigenvalue weighted by molar-refractivity contribution is 6.23. The van der Waals surface area contributed by atoms with E-state index in [1.54, 1.807) is 0 Å². The number of rotatable bonds is 5. The van der Waals surface area contributed by atoms with E-state index in [2.05, 4.69) is 216 Å². The number of para-hydroxylation sites is 3. The zero-order valence-corrected chi connectivity index (χ0v) is 30.9. The van der Waals surface area contributed by atoms with Crippen LogP contribution in [0.2, 0.25) is 0 Å². The standard InChI is InChI=1S/C54H34N2O/c1-2-18-37(19-3-1)55-47-26-10-8-22-44(47)52-48(55)28-14-29-49(52)56(46-27-13-25-40-39-21-7-5-16-36(39)31-32-42(40)46)50-34-33-43(41-24-12-17-35-15-4-6-20-38(35)41)54-53(50)45-23-9-11-30-51(45)57-54/h1-34H. The molecule has 0 fully saturated rings. The second-order valence-electron chi connectivity index (χ2n) is 14.8. The molecule has 12 rings (SSSR count). The molecule has 3 nitrogen and oxygen atoms in total. The molecule has 0 spiro atoms. The number of benzene rings is 10. The van der Waals surface area contributed by atoms with Crippen molar-refractivity contribution >= 4 is 93.1 Å². The molecule has 0 amide bonds. The molecule has 0 bridgehead atoms. The van der Waals surface area contributed by atoms with Gasteiger partial charge in [0.2, 0.25) is 0 Å². The van der Waals surface area contributed by atoms with Crippen LogP contribution in [0.4, 0.5) is 17.1 Å². The Bertz CT molecular complexity index is 3530. The largest absolute Gasteiger partial charge is 0.455 e. The first kappa shape index (κ1) is 31.7. The second-order valence-corrected chi connectivity index (χ2v) is 14.8. The van der Waals surface area contributed by atoms with Crippen molar-refractivity contribution in [2.24, 2.45) is 0 Å². The van der Waals surface area contributed by atoms with E-state index in [0.717, 1.165) is 61.3 Å². The maximum Gasteiger partial charge on any atom is 0.145 e. The predicted octanol–water partition coefficient (Wildman–Crippen LogP) is 15.3. The smallest absolute Gasteiger partial charge is 0.145 e. The molecule has 57 heavy (non-hydrogen) atoms. The summed E-state index contributed by atoms with van der Waals surface area (Å²) in [5.74, 6) is 0. The van der Waals surface area contributed by atoms with Crippen molar-refractivity contribution in [3.05, 3.63) is 206 Å². The molecule has 0 unspecified atom stereocenters. The number of hydrogen-bond acceptors (Lipinski definition) is 2. The fourth-order valence-corrected chi connectivity index (χ4v) is 9.32. The molecule has 0 N–H and O–H groups in total. The maximum absolute atomic E-state index is 6.98. The highest BCUT2D eigenvalue weighted by Gasteiger charge is 2.27. The Labute approximate surface area is 328 Å². The lowest BCUT2D eigenvalue weighted by molar-refractivity contribution is 0.670. The number of fused-ring (bicyclic) bond motifs is 10. The molecule has 0 aliphatic heterocycles. The van der Waals surface area contributed by atoms with Gasteiger partial charge in [-0.25, -0.2) is 0 Å². The Balaban J connectivity index is 1.24. The average Bonchev–Trinajstić information content (AvgIpc) is 3.84. The zero-order chi connectivity index (χ0) is 37.5. The van der Waals surface area contributed by atoms with Crippen molar-refractivity contribution in [2.75, 3.05) is 4.90 Å². The molecule has 0 radical (unpaired) electrons. The van der Waals surface area contributed by atoms with Crippen molar-refractivity contribution in [1.29, 1.82) is 0 Å². The summed E-state index contributed by atoms with van der Waals surface area (Å²) in [4.78, 5) is 2.50. The van der Waals surface area contributed by atoms with Gasteiger partial charge in [-0.1, -0.05) is 152 Å². The molecule has 10 aromatic carbocycles. The summed E-state index contributed by atoms with van der Waals surface area (Å²) >= 11 is 0. The highest BCUT2D eigenvalue weighted by Crippen LogP contribution is 2.51. The van der Waals surface area contributed by atoms with E-state index < -0.39 is 0 Å². The van der Waals surface area contributed by atoms with Crippen molar-refractivity contribution in [3.8, 4) is 16.8 Å². The Kier molecular flexibility index (Phi) is 6.93. The SMILES string of the molecule is c1ccc(-n2c3ccccc3c3c(N(c4cccc5c4ccc4ccccc45)c4ccc(-c5cccc6ccccc56)c5oc6ccccc6c45)cccc32)cc1. The third kappa shape index (κ3) is 4.73. The van der Waals surface area contributed by atoms with Crippen LogP contribution in [-0.4, -0.2) is 4.57 Å². The molecule has 0 atom stereocenters. The highest BCUT2D eigenvalue weighted by atomic mass is 16.3. The number of nitrogens with zero attached hydrogens (tertiary/aromatic N) is 2. The van der Waals surface area contributed by atoms with Crippen LogP contribution >= 0.6 is 0 Å². The zero-order valence-electron chi connectivity index (χ0n) is 30.9. The van der Waals surface area contributed by atoms with Gasteiger partial charge in [0.15, 0.2) is 0 Å². The van der Waals surface area contributed by atoms with E-state index in [-0.39, 0.29) is 0 Å². The molecule has 0 aliphatic rings. The minimum Gasteiger partial charge on any atom is -0.455 e. The van der Waals surface area contributed by atoms with Crippen molar-refractivity contribution < 1.29 is 4.42 Å². The lowest BCUT2D eigenvalue weighted by Crippen LogP contribution is -2.11. The second kappa shape index (κ2) is 12.5. The Morgan fingerprint density at radius 3 is 1.82 bits per heavy atom. The predicted molar refractivity (Wildman–Crippen MR) is 241 cm³/mol. The van der Waals surface area contributed by atoms with Crippen LogP contribution in [0.25, 0.3) is 92.9 Å². The van der Waals surface area contributed by atoms with Crippen molar-refractivity contribution in [1.82, 2.24) is 4.57 Å². The number of anilines is 3. The monoisotopic (exact) mass is 726 g/mol.